The second-order valence-corrected chi connectivity index (χ2v) is 8.94. The number of benzene rings is 1. The Labute approximate surface area is 183 Å². The first kappa shape index (κ1) is 21.0. The van der Waals surface area contributed by atoms with Crippen LogP contribution >= 0.6 is 11.3 Å². The SMILES string of the molecule is CNCC[C@@H](Oc1ccccc1CN1CCC(c2cccnc2)CC1)c1cccs1. The number of nitrogens with one attached hydrogen (secondary N) is 1. The Balaban J connectivity index is 1.40. The zero-order chi connectivity index (χ0) is 20.6. The van der Waals surface area contributed by atoms with Crippen molar-refractivity contribution in [3.05, 3.63) is 82.3 Å². The minimum atomic E-state index is 0.0925. The lowest BCUT2D eigenvalue weighted by molar-refractivity contribution is 0.181. The Morgan fingerprint density at radius 2 is 2.00 bits per heavy atom. The van der Waals surface area contributed by atoms with Crippen LogP contribution in [0, 0.1) is 0 Å². The van der Waals surface area contributed by atoms with E-state index in [9.17, 15) is 0 Å². The van der Waals surface area contributed by atoms with E-state index >= 15 is 0 Å². The van der Waals surface area contributed by atoms with Crippen LogP contribution in [0.5, 0.6) is 5.75 Å². The van der Waals surface area contributed by atoms with Gasteiger partial charge in [-0.1, -0.05) is 30.3 Å². The molecule has 5 heteroatoms. The van der Waals surface area contributed by atoms with Crippen molar-refractivity contribution >= 4 is 11.3 Å². The van der Waals surface area contributed by atoms with Gasteiger partial charge in [0.15, 0.2) is 0 Å². The van der Waals surface area contributed by atoms with Gasteiger partial charge in [-0.15, -0.1) is 11.3 Å². The van der Waals surface area contributed by atoms with Gasteiger partial charge in [0.25, 0.3) is 0 Å². The van der Waals surface area contributed by atoms with Crippen molar-refractivity contribution in [2.45, 2.75) is 37.8 Å². The molecule has 0 aliphatic carbocycles. The first-order chi connectivity index (χ1) is 14.8. The molecule has 4 rings (SSSR count). The lowest BCUT2D eigenvalue weighted by Crippen LogP contribution is -2.32. The molecule has 1 aliphatic rings. The predicted molar refractivity (Wildman–Crippen MR) is 124 cm³/mol. The number of ether oxygens (including phenoxy) is 1. The molecule has 0 unspecified atom stereocenters. The lowest BCUT2D eigenvalue weighted by atomic mass is 9.90. The number of hydrogen-bond donors (Lipinski definition) is 1. The van der Waals surface area contributed by atoms with Crippen LogP contribution in [0.1, 0.15) is 47.3 Å². The molecule has 0 radical (unpaired) electrons. The monoisotopic (exact) mass is 421 g/mol. The summed E-state index contributed by atoms with van der Waals surface area (Å²) in [5, 5.41) is 5.38. The Kier molecular flexibility index (Phi) is 7.51. The smallest absolute Gasteiger partial charge is 0.134 e. The quantitative estimate of drug-likeness (QED) is 0.512. The van der Waals surface area contributed by atoms with Crippen LogP contribution in [0.4, 0.5) is 0 Å². The Morgan fingerprint density at radius 3 is 2.73 bits per heavy atom. The molecule has 3 heterocycles. The van der Waals surface area contributed by atoms with Crippen LogP contribution in [-0.4, -0.2) is 36.6 Å². The third-order valence-electron chi connectivity index (χ3n) is 5.90. The van der Waals surface area contributed by atoms with E-state index in [1.54, 1.807) is 11.3 Å². The minimum absolute atomic E-state index is 0.0925. The highest BCUT2D eigenvalue weighted by molar-refractivity contribution is 7.10. The fourth-order valence-electron chi connectivity index (χ4n) is 4.19. The number of rotatable bonds is 9. The standard InChI is InChI=1S/C25H31N3OS/c1-26-14-10-24(25-9-5-17-30-25)29-23-8-3-2-6-22(23)19-28-15-11-20(12-16-28)21-7-4-13-27-18-21/h2-9,13,17-18,20,24,26H,10-12,14-16,19H2,1H3/t24-/m1/s1. The van der Waals surface area contributed by atoms with E-state index in [1.165, 1.54) is 28.8 Å². The van der Waals surface area contributed by atoms with Gasteiger partial charge in [-0.25, -0.2) is 0 Å². The zero-order valence-corrected chi connectivity index (χ0v) is 18.5. The van der Waals surface area contributed by atoms with Crippen molar-refractivity contribution in [1.29, 1.82) is 0 Å². The molecular weight excluding hydrogens is 390 g/mol. The van der Waals surface area contributed by atoms with E-state index in [1.807, 2.05) is 25.5 Å². The van der Waals surface area contributed by atoms with Gasteiger partial charge in [0.05, 0.1) is 0 Å². The van der Waals surface area contributed by atoms with Crippen molar-refractivity contribution < 1.29 is 4.74 Å². The fraction of sp³-hybridized carbons (Fsp3) is 0.400. The van der Waals surface area contributed by atoms with E-state index in [4.69, 9.17) is 4.74 Å². The summed E-state index contributed by atoms with van der Waals surface area (Å²) in [6, 6.07) is 17.1. The van der Waals surface area contributed by atoms with Crippen LogP contribution in [0.15, 0.2) is 66.3 Å². The number of aromatic nitrogens is 1. The van der Waals surface area contributed by atoms with Crippen molar-refractivity contribution in [2.24, 2.45) is 0 Å². The second-order valence-electron chi connectivity index (χ2n) is 7.96. The molecule has 4 nitrogen and oxygen atoms in total. The molecular formula is C25H31N3OS. The summed E-state index contributed by atoms with van der Waals surface area (Å²) in [5.41, 5.74) is 2.66. The summed E-state index contributed by atoms with van der Waals surface area (Å²) in [5.74, 6) is 1.65. The third kappa shape index (κ3) is 5.48. The highest BCUT2D eigenvalue weighted by Gasteiger charge is 2.22. The van der Waals surface area contributed by atoms with Gasteiger partial charge in [-0.05, 0) is 74.6 Å². The van der Waals surface area contributed by atoms with Crippen LogP contribution in [0.2, 0.25) is 0 Å². The average molecular weight is 422 g/mol. The molecule has 1 fully saturated rings. The number of nitrogens with zero attached hydrogens (tertiary/aromatic N) is 2. The van der Waals surface area contributed by atoms with Crippen LogP contribution in [0.25, 0.3) is 0 Å². The van der Waals surface area contributed by atoms with Gasteiger partial charge in [-0.2, -0.15) is 0 Å². The Hall–Kier alpha value is -2.21. The largest absolute Gasteiger partial charge is 0.485 e. The molecule has 1 aliphatic heterocycles. The van der Waals surface area contributed by atoms with E-state index < -0.39 is 0 Å². The van der Waals surface area contributed by atoms with Crippen LogP contribution < -0.4 is 10.1 Å². The Bertz CT molecular complexity index is 876. The van der Waals surface area contributed by atoms with Crippen molar-refractivity contribution in [2.75, 3.05) is 26.7 Å². The van der Waals surface area contributed by atoms with E-state index in [0.717, 1.165) is 38.3 Å². The Morgan fingerprint density at radius 1 is 1.13 bits per heavy atom. The molecule has 0 bridgehead atoms. The van der Waals surface area contributed by atoms with Crippen molar-refractivity contribution in [1.82, 2.24) is 15.2 Å². The summed E-state index contributed by atoms with van der Waals surface area (Å²) in [4.78, 5) is 8.14. The van der Waals surface area contributed by atoms with E-state index in [0.29, 0.717) is 5.92 Å². The van der Waals surface area contributed by atoms with Gasteiger partial charge < -0.3 is 10.1 Å². The fourth-order valence-corrected chi connectivity index (χ4v) is 4.98. The molecule has 2 aromatic heterocycles. The maximum Gasteiger partial charge on any atom is 0.134 e. The molecule has 1 saturated heterocycles. The molecule has 0 saturated carbocycles. The number of hydrogen-bond acceptors (Lipinski definition) is 5. The third-order valence-corrected chi connectivity index (χ3v) is 6.86. The van der Waals surface area contributed by atoms with E-state index in [-0.39, 0.29) is 6.10 Å². The first-order valence-corrected chi connectivity index (χ1v) is 11.8. The first-order valence-electron chi connectivity index (χ1n) is 10.9. The van der Waals surface area contributed by atoms with Crippen molar-refractivity contribution in [3.8, 4) is 5.75 Å². The molecule has 0 spiro atoms. The summed E-state index contributed by atoms with van der Waals surface area (Å²) >= 11 is 1.77. The normalized spacial score (nSPS) is 16.4. The molecule has 3 aromatic rings. The van der Waals surface area contributed by atoms with Crippen LogP contribution in [0.3, 0.4) is 0 Å². The summed E-state index contributed by atoms with van der Waals surface area (Å²) in [6.45, 7) is 4.11. The van der Waals surface area contributed by atoms with Gasteiger partial charge in [0.2, 0.25) is 0 Å². The zero-order valence-electron chi connectivity index (χ0n) is 17.7. The molecule has 158 valence electrons. The summed E-state index contributed by atoms with van der Waals surface area (Å²) in [6.07, 6.45) is 7.31. The molecule has 0 amide bonds. The topological polar surface area (TPSA) is 37.4 Å². The molecule has 30 heavy (non-hydrogen) atoms. The summed E-state index contributed by atoms with van der Waals surface area (Å²) < 4.78 is 6.56. The van der Waals surface area contributed by atoms with Gasteiger partial charge in [-0.3, -0.25) is 9.88 Å². The molecule has 1 atom stereocenters. The average Bonchev–Trinajstić information content (AvgIpc) is 3.34. The molecule has 1 aromatic carbocycles. The number of para-hydroxylation sites is 1. The summed E-state index contributed by atoms with van der Waals surface area (Å²) in [7, 11) is 1.99. The highest BCUT2D eigenvalue weighted by atomic mass is 32.1. The second kappa shape index (κ2) is 10.7. The molecule has 1 N–H and O–H groups in total. The number of pyridine rings is 1. The number of piperidine rings is 1. The number of thiophene rings is 1. The van der Waals surface area contributed by atoms with Gasteiger partial charge >= 0.3 is 0 Å². The van der Waals surface area contributed by atoms with E-state index in [2.05, 4.69) is 63.0 Å². The maximum atomic E-state index is 6.56. The maximum absolute atomic E-state index is 6.56. The minimum Gasteiger partial charge on any atom is -0.485 e. The lowest BCUT2D eigenvalue weighted by Gasteiger charge is -2.32. The van der Waals surface area contributed by atoms with Crippen molar-refractivity contribution in [3.63, 3.8) is 0 Å². The van der Waals surface area contributed by atoms with Gasteiger partial charge in [0, 0.05) is 35.8 Å². The predicted octanol–water partition coefficient (Wildman–Crippen LogP) is 5.25. The van der Waals surface area contributed by atoms with Crippen LogP contribution in [-0.2, 0) is 6.54 Å². The number of likely N-dealkylation sites (tertiary alicyclic amines) is 1. The highest BCUT2D eigenvalue weighted by Crippen LogP contribution is 2.32. The van der Waals surface area contributed by atoms with Gasteiger partial charge in [0.1, 0.15) is 11.9 Å².